The molecule has 6 heteroatoms. The Balaban J connectivity index is 1.92. The van der Waals surface area contributed by atoms with Crippen molar-refractivity contribution < 1.29 is 8.42 Å². The third kappa shape index (κ3) is 2.44. The Morgan fingerprint density at radius 3 is 2.88 bits per heavy atom. The molecular weight excluding hydrogens is 226 g/mol. The minimum absolute atomic E-state index is 0.307. The standard InChI is InChI=1S/C10H17N3O2S/c1-2-12-9-10(8-11-12)4-6-13-5-3-7-16(13,14)15/h8-9H,2-7H2,1H3. The Kier molecular flexibility index (Phi) is 3.30. The first-order valence-electron chi connectivity index (χ1n) is 5.61. The van der Waals surface area contributed by atoms with E-state index in [1.54, 1.807) is 4.31 Å². The summed E-state index contributed by atoms with van der Waals surface area (Å²) in [6, 6.07) is 0. The molecular formula is C10H17N3O2S. The van der Waals surface area contributed by atoms with Crippen LogP contribution in [-0.2, 0) is 23.0 Å². The maximum absolute atomic E-state index is 11.5. The third-order valence-corrected chi connectivity index (χ3v) is 4.82. The molecule has 1 aromatic rings. The van der Waals surface area contributed by atoms with Crippen molar-refractivity contribution in [1.29, 1.82) is 0 Å². The zero-order chi connectivity index (χ0) is 11.6. The lowest BCUT2D eigenvalue weighted by Crippen LogP contribution is -2.27. The van der Waals surface area contributed by atoms with Crippen LogP contribution < -0.4 is 0 Å². The average molecular weight is 243 g/mol. The molecule has 0 N–H and O–H groups in total. The number of aryl methyl sites for hydroxylation is 1. The zero-order valence-corrected chi connectivity index (χ0v) is 10.3. The van der Waals surface area contributed by atoms with Crippen molar-refractivity contribution in [2.24, 2.45) is 0 Å². The molecule has 90 valence electrons. The van der Waals surface area contributed by atoms with Gasteiger partial charge in [0.05, 0.1) is 11.9 Å². The van der Waals surface area contributed by atoms with Gasteiger partial charge in [0.15, 0.2) is 0 Å². The number of rotatable bonds is 4. The number of nitrogens with zero attached hydrogens (tertiary/aromatic N) is 3. The Morgan fingerprint density at radius 2 is 2.31 bits per heavy atom. The van der Waals surface area contributed by atoms with Gasteiger partial charge in [-0.2, -0.15) is 5.10 Å². The Hall–Kier alpha value is -0.880. The van der Waals surface area contributed by atoms with Crippen LogP contribution in [0.4, 0.5) is 0 Å². The van der Waals surface area contributed by atoms with Crippen LogP contribution in [0.3, 0.4) is 0 Å². The molecule has 0 radical (unpaired) electrons. The van der Waals surface area contributed by atoms with Crippen LogP contribution in [0, 0.1) is 0 Å². The highest BCUT2D eigenvalue weighted by molar-refractivity contribution is 7.89. The lowest BCUT2D eigenvalue weighted by Gasteiger charge is -2.12. The summed E-state index contributed by atoms with van der Waals surface area (Å²) in [4.78, 5) is 0. The van der Waals surface area contributed by atoms with Crippen molar-refractivity contribution in [2.75, 3.05) is 18.8 Å². The van der Waals surface area contributed by atoms with E-state index in [0.29, 0.717) is 18.8 Å². The van der Waals surface area contributed by atoms with E-state index in [9.17, 15) is 8.42 Å². The molecule has 2 heterocycles. The molecule has 1 saturated heterocycles. The molecule has 1 aliphatic rings. The van der Waals surface area contributed by atoms with E-state index >= 15 is 0 Å². The van der Waals surface area contributed by atoms with Crippen LogP contribution >= 0.6 is 0 Å². The van der Waals surface area contributed by atoms with Gasteiger partial charge in [-0.1, -0.05) is 0 Å². The Morgan fingerprint density at radius 1 is 1.50 bits per heavy atom. The van der Waals surface area contributed by atoms with Crippen LogP contribution in [0.15, 0.2) is 12.4 Å². The number of hydrogen-bond acceptors (Lipinski definition) is 3. The van der Waals surface area contributed by atoms with Gasteiger partial charge in [0.25, 0.3) is 0 Å². The fraction of sp³-hybridized carbons (Fsp3) is 0.700. The molecule has 0 aromatic carbocycles. The van der Waals surface area contributed by atoms with Gasteiger partial charge < -0.3 is 0 Å². The van der Waals surface area contributed by atoms with Gasteiger partial charge in [-0.15, -0.1) is 0 Å². The molecule has 0 bridgehead atoms. The second kappa shape index (κ2) is 4.55. The first-order chi connectivity index (χ1) is 7.62. The summed E-state index contributed by atoms with van der Waals surface area (Å²) in [5.74, 6) is 0.307. The van der Waals surface area contributed by atoms with Crippen molar-refractivity contribution in [3.8, 4) is 0 Å². The topological polar surface area (TPSA) is 55.2 Å². The molecule has 2 rings (SSSR count). The largest absolute Gasteiger partial charge is 0.273 e. The van der Waals surface area contributed by atoms with Crippen molar-refractivity contribution >= 4 is 10.0 Å². The fourth-order valence-corrected chi connectivity index (χ4v) is 3.43. The fourth-order valence-electron chi connectivity index (χ4n) is 1.90. The highest BCUT2D eigenvalue weighted by Gasteiger charge is 2.27. The zero-order valence-electron chi connectivity index (χ0n) is 9.46. The SMILES string of the molecule is CCn1cc(CCN2CCCS2(=O)=O)cn1. The second-order valence-electron chi connectivity index (χ2n) is 4.02. The van der Waals surface area contributed by atoms with Gasteiger partial charge in [-0.05, 0) is 25.3 Å². The van der Waals surface area contributed by atoms with E-state index in [-0.39, 0.29) is 0 Å². The van der Waals surface area contributed by atoms with E-state index in [2.05, 4.69) is 5.10 Å². The first-order valence-corrected chi connectivity index (χ1v) is 7.22. The predicted octanol–water partition coefficient (Wildman–Crippen LogP) is 0.481. The van der Waals surface area contributed by atoms with Crippen LogP contribution in [0.5, 0.6) is 0 Å². The van der Waals surface area contributed by atoms with E-state index < -0.39 is 10.0 Å². The molecule has 1 aliphatic heterocycles. The van der Waals surface area contributed by atoms with Gasteiger partial charge in [0.1, 0.15) is 0 Å². The monoisotopic (exact) mass is 243 g/mol. The maximum Gasteiger partial charge on any atom is 0.214 e. The van der Waals surface area contributed by atoms with Crippen molar-refractivity contribution in [2.45, 2.75) is 26.3 Å². The summed E-state index contributed by atoms with van der Waals surface area (Å²) >= 11 is 0. The number of hydrogen-bond donors (Lipinski definition) is 0. The normalized spacial score (nSPS) is 20.3. The van der Waals surface area contributed by atoms with E-state index in [1.807, 2.05) is 24.0 Å². The Labute approximate surface area is 96.1 Å². The molecule has 0 saturated carbocycles. The van der Waals surface area contributed by atoms with Crippen LogP contribution in [0.25, 0.3) is 0 Å². The van der Waals surface area contributed by atoms with Gasteiger partial charge in [0, 0.05) is 25.8 Å². The average Bonchev–Trinajstić information content (AvgIpc) is 2.81. The van der Waals surface area contributed by atoms with Crippen molar-refractivity contribution in [1.82, 2.24) is 14.1 Å². The van der Waals surface area contributed by atoms with E-state index in [0.717, 1.165) is 24.9 Å². The molecule has 0 amide bonds. The van der Waals surface area contributed by atoms with Gasteiger partial charge in [-0.3, -0.25) is 4.68 Å². The summed E-state index contributed by atoms with van der Waals surface area (Å²) in [5, 5.41) is 4.16. The first kappa shape index (κ1) is 11.6. The molecule has 0 aliphatic carbocycles. The second-order valence-corrected chi connectivity index (χ2v) is 6.11. The molecule has 1 aromatic heterocycles. The predicted molar refractivity (Wildman–Crippen MR) is 61.6 cm³/mol. The maximum atomic E-state index is 11.5. The highest BCUT2D eigenvalue weighted by Crippen LogP contribution is 2.13. The van der Waals surface area contributed by atoms with E-state index in [4.69, 9.17) is 0 Å². The van der Waals surface area contributed by atoms with Crippen molar-refractivity contribution in [3.63, 3.8) is 0 Å². The van der Waals surface area contributed by atoms with Crippen LogP contribution in [0.1, 0.15) is 18.9 Å². The van der Waals surface area contributed by atoms with E-state index in [1.165, 1.54) is 0 Å². The van der Waals surface area contributed by atoms with Crippen LogP contribution in [0.2, 0.25) is 0 Å². The summed E-state index contributed by atoms with van der Waals surface area (Å²) in [5.41, 5.74) is 1.10. The highest BCUT2D eigenvalue weighted by atomic mass is 32.2. The summed E-state index contributed by atoms with van der Waals surface area (Å²) in [7, 11) is -2.95. The smallest absolute Gasteiger partial charge is 0.214 e. The molecule has 0 spiro atoms. The molecule has 16 heavy (non-hydrogen) atoms. The lowest BCUT2D eigenvalue weighted by atomic mass is 10.2. The Bertz CT molecular complexity index is 452. The minimum Gasteiger partial charge on any atom is -0.273 e. The molecule has 5 nitrogen and oxygen atoms in total. The molecule has 0 atom stereocenters. The third-order valence-electron chi connectivity index (χ3n) is 2.86. The summed E-state index contributed by atoms with van der Waals surface area (Å²) in [6.45, 7) is 4.13. The quantitative estimate of drug-likeness (QED) is 0.773. The number of aromatic nitrogens is 2. The molecule has 0 unspecified atom stereocenters. The molecule has 1 fully saturated rings. The summed E-state index contributed by atoms with van der Waals surface area (Å²) in [6.07, 6.45) is 5.30. The lowest BCUT2D eigenvalue weighted by molar-refractivity contribution is 0.447. The van der Waals surface area contributed by atoms with Crippen LogP contribution in [-0.4, -0.2) is 41.3 Å². The summed E-state index contributed by atoms with van der Waals surface area (Å²) < 4.78 is 26.5. The minimum atomic E-state index is -2.95. The van der Waals surface area contributed by atoms with Gasteiger partial charge in [0.2, 0.25) is 10.0 Å². The van der Waals surface area contributed by atoms with Crippen molar-refractivity contribution in [3.05, 3.63) is 18.0 Å². The van der Waals surface area contributed by atoms with Gasteiger partial charge >= 0.3 is 0 Å². The number of sulfonamides is 1. The van der Waals surface area contributed by atoms with Gasteiger partial charge in [-0.25, -0.2) is 12.7 Å².